The zero-order valence-electron chi connectivity index (χ0n) is 14.3. The van der Waals surface area contributed by atoms with E-state index >= 15 is 0 Å². The van der Waals surface area contributed by atoms with Crippen molar-refractivity contribution >= 4 is 5.91 Å². The SMILES string of the molecule is CCCC1NC(CC(C)C)N(CC2CCCCN2C)C1=O. The van der Waals surface area contributed by atoms with E-state index < -0.39 is 0 Å². The Hall–Kier alpha value is -0.610. The van der Waals surface area contributed by atoms with Gasteiger partial charge in [-0.2, -0.15) is 0 Å². The molecule has 0 spiro atoms. The Bertz CT molecular complexity index is 345. The van der Waals surface area contributed by atoms with Crippen molar-refractivity contribution in [2.45, 2.75) is 77.5 Å². The van der Waals surface area contributed by atoms with Crippen molar-refractivity contribution in [3.05, 3.63) is 0 Å². The van der Waals surface area contributed by atoms with E-state index in [2.05, 4.69) is 42.9 Å². The van der Waals surface area contributed by atoms with Crippen LogP contribution in [0.15, 0.2) is 0 Å². The van der Waals surface area contributed by atoms with Crippen LogP contribution in [0, 0.1) is 5.92 Å². The van der Waals surface area contributed by atoms with Gasteiger partial charge in [0.25, 0.3) is 0 Å². The van der Waals surface area contributed by atoms with Gasteiger partial charge in [0.1, 0.15) is 0 Å². The molecule has 2 saturated heterocycles. The van der Waals surface area contributed by atoms with Crippen molar-refractivity contribution in [1.82, 2.24) is 15.1 Å². The summed E-state index contributed by atoms with van der Waals surface area (Å²) in [7, 11) is 2.21. The van der Waals surface area contributed by atoms with Crippen molar-refractivity contribution in [1.29, 1.82) is 0 Å². The predicted octanol–water partition coefficient (Wildman–Crippen LogP) is 2.44. The molecule has 3 atom stereocenters. The number of likely N-dealkylation sites (N-methyl/N-ethyl adjacent to an activating group) is 1. The monoisotopic (exact) mass is 295 g/mol. The van der Waals surface area contributed by atoms with Crippen LogP contribution in [0.3, 0.4) is 0 Å². The first-order valence-electron chi connectivity index (χ1n) is 8.79. The number of likely N-dealkylation sites (tertiary alicyclic amines) is 1. The molecule has 4 heteroatoms. The molecule has 0 saturated carbocycles. The highest BCUT2D eigenvalue weighted by Gasteiger charge is 2.39. The van der Waals surface area contributed by atoms with Crippen LogP contribution in [-0.2, 0) is 4.79 Å². The highest BCUT2D eigenvalue weighted by atomic mass is 16.2. The molecule has 0 radical (unpaired) electrons. The van der Waals surface area contributed by atoms with Gasteiger partial charge in [-0.25, -0.2) is 0 Å². The third-order valence-corrected chi connectivity index (χ3v) is 4.95. The Labute approximate surface area is 130 Å². The summed E-state index contributed by atoms with van der Waals surface area (Å²) in [4.78, 5) is 17.3. The summed E-state index contributed by atoms with van der Waals surface area (Å²) in [5, 5.41) is 3.59. The molecule has 0 aromatic carbocycles. The molecule has 0 aliphatic carbocycles. The Kier molecular flexibility index (Phi) is 6.06. The van der Waals surface area contributed by atoms with Crippen molar-refractivity contribution in [3.8, 4) is 0 Å². The number of hydrogen-bond donors (Lipinski definition) is 1. The second kappa shape index (κ2) is 7.59. The van der Waals surface area contributed by atoms with Crippen LogP contribution in [0.2, 0.25) is 0 Å². The Morgan fingerprint density at radius 3 is 2.71 bits per heavy atom. The summed E-state index contributed by atoms with van der Waals surface area (Å²) in [6.07, 6.45) is 7.16. The van der Waals surface area contributed by atoms with Crippen LogP contribution in [0.4, 0.5) is 0 Å². The summed E-state index contributed by atoms with van der Waals surface area (Å²) in [6.45, 7) is 8.71. The molecule has 21 heavy (non-hydrogen) atoms. The molecular formula is C17H33N3O. The van der Waals surface area contributed by atoms with Gasteiger partial charge in [-0.1, -0.05) is 33.6 Å². The van der Waals surface area contributed by atoms with Gasteiger partial charge < -0.3 is 9.80 Å². The van der Waals surface area contributed by atoms with E-state index in [-0.39, 0.29) is 12.2 Å². The van der Waals surface area contributed by atoms with E-state index in [0.717, 1.165) is 25.8 Å². The lowest BCUT2D eigenvalue weighted by atomic mass is 10.0. The topological polar surface area (TPSA) is 35.6 Å². The van der Waals surface area contributed by atoms with Gasteiger partial charge in [-0.05, 0) is 45.2 Å². The molecule has 2 fully saturated rings. The van der Waals surface area contributed by atoms with E-state index in [1.54, 1.807) is 0 Å². The number of piperidine rings is 1. The fourth-order valence-corrected chi connectivity index (χ4v) is 3.70. The second-order valence-electron chi connectivity index (χ2n) is 7.27. The Morgan fingerprint density at radius 1 is 1.33 bits per heavy atom. The standard InChI is InChI=1S/C17H33N3O/c1-5-8-15-17(21)20(16(18-15)11-13(2)3)12-14-9-6-7-10-19(14)4/h13-16,18H,5-12H2,1-4H3. The van der Waals surface area contributed by atoms with Crippen LogP contribution >= 0.6 is 0 Å². The lowest BCUT2D eigenvalue weighted by Crippen LogP contribution is -2.49. The van der Waals surface area contributed by atoms with E-state index in [9.17, 15) is 4.79 Å². The molecule has 122 valence electrons. The number of amides is 1. The van der Waals surface area contributed by atoms with E-state index in [4.69, 9.17) is 0 Å². The fourth-order valence-electron chi connectivity index (χ4n) is 3.70. The molecule has 0 aromatic heterocycles. The van der Waals surface area contributed by atoms with E-state index in [1.807, 2.05) is 0 Å². The minimum Gasteiger partial charge on any atom is -0.324 e. The molecule has 2 rings (SSSR count). The molecule has 2 aliphatic heterocycles. The summed E-state index contributed by atoms with van der Waals surface area (Å²) in [5.41, 5.74) is 0. The number of carbonyl (C=O) groups is 1. The molecule has 1 amide bonds. The van der Waals surface area contributed by atoms with Crippen molar-refractivity contribution in [2.24, 2.45) is 5.92 Å². The van der Waals surface area contributed by atoms with Crippen molar-refractivity contribution in [2.75, 3.05) is 20.1 Å². The first-order valence-corrected chi connectivity index (χ1v) is 8.79. The normalized spacial score (nSPS) is 31.4. The zero-order valence-corrected chi connectivity index (χ0v) is 14.3. The Balaban J connectivity index is 2.03. The molecule has 2 aliphatic rings. The van der Waals surface area contributed by atoms with Gasteiger partial charge in [0, 0.05) is 12.6 Å². The summed E-state index contributed by atoms with van der Waals surface area (Å²) < 4.78 is 0. The molecule has 2 heterocycles. The number of nitrogens with one attached hydrogen (secondary N) is 1. The second-order valence-corrected chi connectivity index (χ2v) is 7.27. The van der Waals surface area contributed by atoms with Gasteiger partial charge in [0.05, 0.1) is 12.2 Å². The van der Waals surface area contributed by atoms with Gasteiger partial charge in [0.15, 0.2) is 0 Å². The molecule has 4 nitrogen and oxygen atoms in total. The average molecular weight is 295 g/mol. The summed E-state index contributed by atoms with van der Waals surface area (Å²) in [5.74, 6) is 0.948. The average Bonchev–Trinajstić information content (AvgIpc) is 2.70. The molecule has 1 N–H and O–H groups in total. The number of rotatable bonds is 6. The van der Waals surface area contributed by atoms with Gasteiger partial charge in [0.2, 0.25) is 5.91 Å². The lowest BCUT2D eigenvalue weighted by Gasteiger charge is -2.37. The number of carbonyl (C=O) groups excluding carboxylic acids is 1. The smallest absolute Gasteiger partial charge is 0.241 e. The lowest BCUT2D eigenvalue weighted by molar-refractivity contribution is -0.131. The van der Waals surface area contributed by atoms with Crippen LogP contribution in [-0.4, -0.2) is 54.1 Å². The van der Waals surface area contributed by atoms with Crippen molar-refractivity contribution in [3.63, 3.8) is 0 Å². The number of nitrogens with zero attached hydrogens (tertiary/aromatic N) is 2. The first kappa shape index (κ1) is 16.8. The van der Waals surface area contributed by atoms with E-state index in [1.165, 1.54) is 25.8 Å². The first-order chi connectivity index (χ1) is 10.0. The predicted molar refractivity (Wildman–Crippen MR) is 87.1 cm³/mol. The minimum absolute atomic E-state index is 0.0487. The maximum atomic E-state index is 12.7. The van der Waals surface area contributed by atoms with Gasteiger partial charge in [-0.15, -0.1) is 0 Å². The van der Waals surface area contributed by atoms with Gasteiger partial charge in [-0.3, -0.25) is 10.1 Å². The third-order valence-electron chi connectivity index (χ3n) is 4.95. The maximum absolute atomic E-state index is 12.7. The number of hydrogen-bond acceptors (Lipinski definition) is 3. The highest BCUT2D eigenvalue weighted by molar-refractivity contribution is 5.84. The minimum atomic E-state index is 0.0487. The largest absolute Gasteiger partial charge is 0.324 e. The van der Waals surface area contributed by atoms with Crippen LogP contribution < -0.4 is 5.32 Å². The van der Waals surface area contributed by atoms with Crippen LogP contribution in [0.25, 0.3) is 0 Å². The third kappa shape index (κ3) is 4.19. The van der Waals surface area contributed by atoms with E-state index in [0.29, 0.717) is 17.9 Å². The zero-order chi connectivity index (χ0) is 15.4. The Morgan fingerprint density at radius 2 is 2.10 bits per heavy atom. The highest BCUT2D eigenvalue weighted by Crippen LogP contribution is 2.23. The molecule has 3 unspecified atom stereocenters. The van der Waals surface area contributed by atoms with Crippen LogP contribution in [0.5, 0.6) is 0 Å². The summed E-state index contributed by atoms with van der Waals surface area (Å²) in [6, 6.07) is 0.590. The van der Waals surface area contributed by atoms with Gasteiger partial charge >= 0.3 is 0 Å². The molecule has 0 bridgehead atoms. The molecular weight excluding hydrogens is 262 g/mol. The quantitative estimate of drug-likeness (QED) is 0.817. The van der Waals surface area contributed by atoms with Crippen LogP contribution in [0.1, 0.15) is 59.3 Å². The maximum Gasteiger partial charge on any atom is 0.241 e. The van der Waals surface area contributed by atoms with Crippen molar-refractivity contribution < 1.29 is 4.79 Å². The summed E-state index contributed by atoms with van der Waals surface area (Å²) >= 11 is 0. The molecule has 0 aromatic rings. The fraction of sp³-hybridized carbons (Fsp3) is 0.941.